The van der Waals surface area contributed by atoms with Crippen LogP contribution >= 0.6 is 11.6 Å². The maximum atomic E-state index is 12.9. The zero-order valence-corrected chi connectivity index (χ0v) is 17.4. The van der Waals surface area contributed by atoms with Crippen LogP contribution in [0.3, 0.4) is 0 Å². The highest BCUT2D eigenvalue weighted by molar-refractivity contribution is 6.33. The molecule has 3 N–H and O–H groups in total. The van der Waals surface area contributed by atoms with Crippen molar-refractivity contribution in [1.82, 2.24) is 0 Å². The smallest absolute Gasteiger partial charge is 0.355 e. The Bertz CT molecular complexity index is 1150. The summed E-state index contributed by atoms with van der Waals surface area (Å²) in [7, 11) is 2.32. The van der Waals surface area contributed by atoms with Crippen molar-refractivity contribution in [2.45, 2.75) is 5.92 Å². The van der Waals surface area contributed by atoms with Crippen LogP contribution in [0.1, 0.15) is 11.5 Å². The minimum absolute atomic E-state index is 0.0170. The molecule has 158 valence electrons. The van der Waals surface area contributed by atoms with Crippen LogP contribution in [0.15, 0.2) is 71.2 Å². The number of carbonyl (C=O) groups is 2. The molecule has 1 aliphatic rings. The molecule has 0 aromatic heterocycles. The first-order chi connectivity index (χ1) is 14.8. The highest BCUT2D eigenvalue weighted by atomic mass is 35.5. The zero-order chi connectivity index (χ0) is 22.7. The van der Waals surface area contributed by atoms with Crippen molar-refractivity contribution in [2.24, 2.45) is 5.73 Å². The number of anilines is 1. The van der Waals surface area contributed by atoms with Crippen LogP contribution < -0.4 is 10.6 Å². The van der Waals surface area contributed by atoms with E-state index in [1.54, 1.807) is 30.3 Å². The lowest BCUT2D eigenvalue weighted by molar-refractivity contribution is -0.139. The SMILES string of the molecule is COC(=O)C1=C(C(=O)OC)N(c2ccc(O)cc2Cl)C(N)=C(C#N)C1c1ccccc1. The minimum atomic E-state index is -0.972. The average molecular weight is 440 g/mol. The first kappa shape index (κ1) is 21.7. The molecule has 0 spiro atoms. The first-order valence-corrected chi connectivity index (χ1v) is 9.37. The van der Waals surface area contributed by atoms with Gasteiger partial charge in [-0.1, -0.05) is 41.9 Å². The second-order valence-corrected chi connectivity index (χ2v) is 6.88. The van der Waals surface area contributed by atoms with E-state index in [0.717, 1.165) is 19.1 Å². The number of aromatic hydroxyl groups is 1. The fourth-order valence-corrected chi connectivity index (χ4v) is 3.70. The van der Waals surface area contributed by atoms with Crippen LogP contribution in [0.2, 0.25) is 5.02 Å². The Labute approximate surface area is 183 Å². The quantitative estimate of drug-likeness (QED) is 0.696. The summed E-state index contributed by atoms with van der Waals surface area (Å²) in [6.07, 6.45) is 0. The first-order valence-electron chi connectivity index (χ1n) is 8.99. The van der Waals surface area contributed by atoms with Gasteiger partial charge in [-0.05, 0) is 17.7 Å². The molecule has 2 aromatic rings. The number of rotatable bonds is 4. The predicted octanol–water partition coefficient (Wildman–Crippen LogP) is 2.94. The summed E-state index contributed by atoms with van der Waals surface area (Å²) < 4.78 is 9.88. The maximum absolute atomic E-state index is 12.9. The molecule has 0 bridgehead atoms. The summed E-state index contributed by atoms with van der Waals surface area (Å²) in [4.78, 5) is 27.0. The van der Waals surface area contributed by atoms with Gasteiger partial charge in [-0.25, -0.2) is 9.59 Å². The monoisotopic (exact) mass is 439 g/mol. The number of methoxy groups -OCH3 is 2. The van der Waals surface area contributed by atoms with Gasteiger partial charge in [0.25, 0.3) is 0 Å². The molecule has 2 aromatic carbocycles. The van der Waals surface area contributed by atoms with Crippen LogP contribution in [0, 0.1) is 11.3 Å². The van der Waals surface area contributed by atoms with Crippen molar-refractivity contribution in [2.75, 3.05) is 19.1 Å². The molecule has 0 fully saturated rings. The van der Waals surface area contributed by atoms with E-state index in [1.807, 2.05) is 6.07 Å². The Hall–Kier alpha value is -3.96. The lowest BCUT2D eigenvalue weighted by atomic mass is 9.81. The Kier molecular flexibility index (Phi) is 6.18. The summed E-state index contributed by atoms with van der Waals surface area (Å²) in [5.41, 5.74) is 6.72. The molecule has 1 aliphatic heterocycles. The number of allylic oxidation sites excluding steroid dienone is 1. The van der Waals surface area contributed by atoms with Crippen molar-refractivity contribution in [3.8, 4) is 11.8 Å². The normalized spacial score (nSPS) is 16.1. The number of nitrogens with zero attached hydrogens (tertiary/aromatic N) is 2. The van der Waals surface area contributed by atoms with Gasteiger partial charge in [0.2, 0.25) is 0 Å². The topological polar surface area (TPSA) is 126 Å². The Morgan fingerprint density at radius 2 is 1.77 bits per heavy atom. The van der Waals surface area contributed by atoms with Crippen LogP contribution in [0.25, 0.3) is 0 Å². The number of phenolic OH excluding ortho intramolecular Hbond substituents is 1. The third-order valence-corrected chi connectivity index (χ3v) is 5.09. The second-order valence-electron chi connectivity index (χ2n) is 6.47. The average Bonchev–Trinajstić information content (AvgIpc) is 2.78. The molecule has 1 atom stereocenters. The van der Waals surface area contributed by atoms with Gasteiger partial charge in [0, 0.05) is 6.07 Å². The predicted molar refractivity (Wildman–Crippen MR) is 113 cm³/mol. The van der Waals surface area contributed by atoms with E-state index in [9.17, 15) is 20.0 Å². The number of nitrogens with two attached hydrogens (primary N) is 1. The van der Waals surface area contributed by atoms with Gasteiger partial charge in [-0.3, -0.25) is 4.90 Å². The number of nitriles is 1. The Morgan fingerprint density at radius 3 is 2.32 bits per heavy atom. The number of hydrogen-bond acceptors (Lipinski definition) is 8. The summed E-state index contributed by atoms with van der Waals surface area (Å²) in [5.74, 6) is -2.93. The molecule has 9 heteroatoms. The van der Waals surface area contributed by atoms with Gasteiger partial charge in [0.15, 0.2) is 0 Å². The van der Waals surface area contributed by atoms with Crippen molar-refractivity contribution in [1.29, 1.82) is 5.26 Å². The molecule has 31 heavy (non-hydrogen) atoms. The highest BCUT2D eigenvalue weighted by Gasteiger charge is 2.43. The maximum Gasteiger partial charge on any atom is 0.355 e. The fourth-order valence-electron chi connectivity index (χ4n) is 3.44. The number of hydrogen-bond donors (Lipinski definition) is 2. The van der Waals surface area contributed by atoms with Crippen LogP contribution in [-0.2, 0) is 19.1 Å². The number of ether oxygens (including phenoxy) is 2. The van der Waals surface area contributed by atoms with Crippen LogP contribution in [0.5, 0.6) is 5.75 Å². The summed E-state index contributed by atoms with van der Waals surface area (Å²) >= 11 is 6.29. The summed E-state index contributed by atoms with van der Waals surface area (Å²) in [6.45, 7) is 0. The van der Waals surface area contributed by atoms with E-state index in [4.69, 9.17) is 26.8 Å². The second kappa shape index (κ2) is 8.81. The molecule has 3 rings (SSSR count). The largest absolute Gasteiger partial charge is 0.508 e. The van der Waals surface area contributed by atoms with Gasteiger partial charge in [-0.15, -0.1) is 0 Å². The van der Waals surface area contributed by atoms with Crippen LogP contribution in [0.4, 0.5) is 5.69 Å². The molecule has 1 heterocycles. The van der Waals surface area contributed by atoms with E-state index in [2.05, 4.69) is 0 Å². The van der Waals surface area contributed by atoms with E-state index >= 15 is 0 Å². The third kappa shape index (κ3) is 3.79. The van der Waals surface area contributed by atoms with Gasteiger partial charge >= 0.3 is 11.9 Å². The zero-order valence-electron chi connectivity index (χ0n) is 16.6. The lowest BCUT2D eigenvalue weighted by Crippen LogP contribution is -2.40. The van der Waals surface area contributed by atoms with E-state index in [0.29, 0.717) is 5.56 Å². The number of benzene rings is 2. The summed E-state index contributed by atoms with van der Waals surface area (Å²) in [6, 6.07) is 14.7. The molecule has 8 nitrogen and oxygen atoms in total. The summed E-state index contributed by atoms with van der Waals surface area (Å²) in [5, 5.41) is 19.7. The minimum Gasteiger partial charge on any atom is -0.508 e. The Balaban J connectivity index is 2.43. The van der Waals surface area contributed by atoms with E-state index in [-0.39, 0.29) is 39.1 Å². The number of carbonyl (C=O) groups excluding carboxylic acids is 2. The molecule has 0 amide bonds. The standard InChI is InChI=1S/C22H18ClN3O5/c1-30-21(28)18-17(12-6-4-3-5-7-12)14(11-24)20(25)26(19(18)22(29)31-2)16-9-8-13(27)10-15(16)23/h3-10,17,27H,25H2,1-2H3. The molecule has 0 saturated carbocycles. The van der Waals surface area contributed by atoms with Gasteiger partial charge in [0.1, 0.15) is 17.3 Å². The van der Waals surface area contributed by atoms with Crippen molar-refractivity contribution < 1.29 is 24.2 Å². The molecular formula is C22H18ClN3O5. The molecular weight excluding hydrogens is 422 g/mol. The van der Waals surface area contributed by atoms with Crippen LogP contribution in [-0.4, -0.2) is 31.3 Å². The third-order valence-electron chi connectivity index (χ3n) is 4.78. The van der Waals surface area contributed by atoms with Crippen molar-refractivity contribution in [3.05, 3.63) is 81.8 Å². The highest BCUT2D eigenvalue weighted by Crippen LogP contribution is 2.44. The Morgan fingerprint density at radius 1 is 1.13 bits per heavy atom. The molecule has 0 radical (unpaired) electrons. The van der Waals surface area contributed by atoms with Crippen molar-refractivity contribution in [3.63, 3.8) is 0 Å². The van der Waals surface area contributed by atoms with Crippen molar-refractivity contribution >= 4 is 29.2 Å². The lowest BCUT2D eigenvalue weighted by Gasteiger charge is -2.36. The number of phenols is 1. The van der Waals surface area contributed by atoms with Gasteiger partial charge in [0.05, 0.1) is 48.1 Å². The molecule has 0 saturated heterocycles. The number of halogens is 1. The van der Waals surface area contributed by atoms with Gasteiger partial charge in [-0.2, -0.15) is 5.26 Å². The fraction of sp³-hybridized carbons (Fsp3) is 0.136. The van der Waals surface area contributed by atoms with Gasteiger partial charge < -0.3 is 20.3 Å². The molecule has 0 aliphatic carbocycles. The van der Waals surface area contributed by atoms with E-state index in [1.165, 1.54) is 18.2 Å². The number of esters is 2. The molecule has 1 unspecified atom stereocenters. The van der Waals surface area contributed by atoms with E-state index < -0.39 is 17.9 Å².